The van der Waals surface area contributed by atoms with Crippen LogP contribution in [0.25, 0.3) is 0 Å². The molecular formula is C14H16N4O2. The van der Waals surface area contributed by atoms with Crippen molar-refractivity contribution in [1.29, 1.82) is 0 Å². The molecule has 0 radical (unpaired) electrons. The van der Waals surface area contributed by atoms with Gasteiger partial charge < -0.3 is 10.1 Å². The molecule has 6 heteroatoms. The van der Waals surface area contributed by atoms with E-state index in [1.165, 1.54) is 11.8 Å². The molecule has 20 heavy (non-hydrogen) atoms. The van der Waals surface area contributed by atoms with E-state index in [4.69, 9.17) is 4.74 Å². The zero-order valence-corrected chi connectivity index (χ0v) is 11.0. The largest absolute Gasteiger partial charge is 0.379 e. The molecule has 6 nitrogen and oxygen atoms in total. The molecule has 1 aliphatic rings. The second kappa shape index (κ2) is 5.83. The number of H-pyrrole nitrogens is 1. The van der Waals surface area contributed by atoms with Crippen LogP contribution in [0, 0.1) is 5.92 Å². The Morgan fingerprint density at radius 1 is 1.40 bits per heavy atom. The number of aromatic amines is 1. The second-order valence-corrected chi connectivity index (χ2v) is 4.92. The van der Waals surface area contributed by atoms with E-state index in [0.29, 0.717) is 18.8 Å². The number of aromatic nitrogens is 3. The minimum absolute atomic E-state index is 0.0329. The first kappa shape index (κ1) is 12.8. The molecular weight excluding hydrogens is 256 g/mol. The number of nitrogens with zero attached hydrogens (tertiary/aromatic N) is 2. The summed E-state index contributed by atoms with van der Waals surface area (Å²) in [6.45, 7) is 1.22. The molecule has 1 saturated heterocycles. The summed E-state index contributed by atoms with van der Waals surface area (Å²) in [5.74, 6) is 0.169. The average Bonchev–Trinajstić information content (AvgIpc) is 3.12. The van der Waals surface area contributed by atoms with Crippen LogP contribution >= 0.6 is 0 Å². The van der Waals surface area contributed by atoms with Crippen LogP contribution in [0.3, 0.4) is 0 Å². The maximum atomic E-state index is 12.0. The third-order valence-corrected chi connectivity index (χ3v) is 3.52. The highest BCUT2D eigenvalue weighted by atomic mass is 16.5. The van der Waals surface area contributed by atoms with E-state index in [-0.39, 0.29) is 17.9 Å². The predicted molar refractivity (Wildman–Crippen MR) is 72.1 cm³/mol. The average molecular weight is 272 g/mol. The van der Waals surface area contributed by atoms with Crippen LogP contribution in [-0.4, -0.2) is 40.3 Å². The lowest BCUT2D eigenvalue weighted by Gasteiger charge is -2.18. The minimum atomic E-state index is -0.117. The molecule has 0 saturated carbocycles. The quantitative estimate of drug-likeness (QED) is 0.862. The van der Waals surface area contributed by atoms with Gasteiger partial charge in [-0.05, 0) is 24.1 Å². The van der Waals surface area contributed by atoms with Gasteiger partial charge in [0.15, 0.2) is 0 Å². The first-order valence-electron chi connectivity index (χ1n) is 6.59. The first-order chi connectivity index (χ1) is 9.83. The summed E-state index contributed by atoms with van der Waals surface area (Å²) >= 11 is 0. The van der Waals surface area contributed by atoms with Gasteiger partial charge in [0.05, 0.1) is 31.0 Å². The monoisotopic (exact) mass is 272 g/mol. The molecule has 1 aliphatic heterocycles. The Bertz CT molecular complexity index is 556. The number of hydrogen-bond acceptors (Lipinski definition) is 4. The van der Waals surface area contributed by atoms with Gasteiger partial charge in [-0.25, -0.2) is 0 Å². The van der Waals surface area contributed by atoms with Crippen LogP contribution in [0.5, 0.6) is 0 Å². The van der Waals surface area contributed by atoms with Crippen molar-refractivity contribution >= 4 is 5.91 Å². The summed E-state index contributed by atoms with van der Waals surface area (Å²) in [7, 11) is 0. The van der Waals surface area contributed by atoms with E-state index in [1.807, 2.05) is 12.1 Å². The summed E-state index contributed by atoms with van der Waals surface area (Å²) < 4.78 is 5.51. The standard InChI is InChI=1S/C14H16N4O2/c19-14(12-6-16-17-7-12)18-13-9-20-8-11(13)5-10-1-3-15-4-2-10/h1-4,6-7,11,13H,5,8-9H2,(H,16,17)(H,18,19)/t11-,13+/m1/s1. The molecule has 1 fully saturated rings. The van der Waals surface area contributed by atoms with Crippen molar-refractivity contribution in [2.45, 2.75) is 12.5 Å². The van der Waals surface area contributed by atoms with Crippen molar-refractivity contribution in [3.05, 3.63) is 48.0 Å². The first-order valence-corrected chi connectivity index (χ1v) is 6.59. The van der Waals surface area contributed by atoms with Crippen LogP contribution < -0.4 is 5.32 Å². The van der Waals surface area contributed by atoms with Crippen LogP contribution in [0.4, 0.5) is 0 Å². The lowest BCUT2D eigenvalue weighted by molar-refractivity contribution is 0.0925. The zero-order valence-electron chi connectivity index (χ0n) is 11.0. The SMILES string of the molecule is O=C(N[C@H]1COC[C@H]1Cc1ccncc1)c1cn[nH]c1. The summed E-state index contributed by atoms with van der Waals surface area (Å²) in [4.78, 5) is 16.0. The lowest BCUT2D eigenvalue weighted by atomic mass is 9.95. The Labute approximate surface area is 116 Å². The molecule has 0 unspecified atom stereocenters. The third kappa shape index (κ3) is 2.85. The maximum Gasteiger partial charge on any atom is 0.254 e. The Morgan fingerprint density at radius 2 is 2.25 bits per heavy atom. The molecule has 0 aliphatic carbocycles. The number of nitrogens with one attached hydrogen (secondary N) is 2. The van der Waals surface area contributed by atoms with E-state index >= 15 is 0 Å². The van der Waals surface area contributed by atoms with E-state index < -0.39 is 0 Å². The van der Waals surface area contributed by atoms with Crippen LogP contribution in [-0.2, 0) is 11.2 Å². The number of carbonyl (C=O) groups is 1. The molecule has 2 aromatic heterocycles. The molecule has 2 N–H and O–H groups in total. The highest BCUT2D eigenvalue weighted by molar-refractivity contribution is 5.93. The molecule has 0 aromatic carbocycles. The fourth-order valence-corrected chi connectivity index (χ4v) is 2.41. The Balaban J connectivity index is 1.62. The van der Waals surface area contributed by atoms with Gasteiger partial charge in [0.1, 0.15) is 0 Å². The molecule has 0 spiro atoms. The Hall–Kier alpha value is -2.21. The van der Waals surface area contributed by atoms with Gasteiger partial charge in [-0.1, -0.05) is 0 Å². The number of rotatable bonds is 4. The summed E-state index contributed by atoms with van der Waals surface area (Å²) in [6.07, 6.45) is 7.54. The zero-order chi connectivity index (χ0) is 13.8. The summed E-state index contributed by atoms with van der Waals surface area (Å²) in [5, 5.41) is 9.43. The van der Waals surface area contributed by atoms with Crippen molar-refractivity contribution < 1.29 is 9.53 Å². The van der Waals surface area contributed by atoms with Gasteiger partial charge in [-0.2, -0.15) is 5.10 Å². The van der Waals surface area contributed by atoms with Crippen molar-refractivity contribution in [1.82, 2.24) is 20.5 Å². The van der Waals surface area contributed by atoms with Crippen molar-refractivity contribution in [3.8, 4) is 0 Å². The lowest BCUT2D eigenvalue weighted by Crippen LogP contribution is -2.40. The third-order valence-electron chi connectivity index (χ3n) is 3.52. The molecule has 2 atom stereocenters. The summed E-state index contributed by atoms with van der Waals surface area (Å²) in [6, 6.07) is 4.02. The van der Waals surface area contributed by atoms with E-state index in [1.54, 1.807) is 18.6 Å². The van der Waals surface area contributed by atoms with Gasteiger partial charge in [-0.15, -0.1) is 0 Å². The fourth-order valence-electron chi connectivity index (χ4n) is 2.41. The van der Waals surface area contributed by atoms with Gasteiger partial charge in [-0.3, -0.25) is 14.9 Å². The normalized spacial score (nSPS) is 21.8. The van der Waals surface area contributed by atoms with Gasteiger partial charge >= 0.3 is 0 Å². The molecule has 3 rings (SSSR count). The van der Waals surface area contributed by atoms with Gasteiger partial charge in [0, 0.05) is 24.5 Å². The van der Waals surface area contributed by atoms with E-state index in [0.717, 1.165) is 6.42 Å². The van der Waals surface area contributed by atoms with Crippen molar-refractivity contribution in [2.24, 2.45) is 5.92 Å². The molecule has 104 valence electrons. The number of hydrogen-bond donors (Lipinski definition) is 2. The van der Waals surface area contributed by atoms with E-state index in [9.17, 15) is 4.79 Å². The molecule has 0 bridgehead atoms. The van der Waals surface area contributed by atoms with Crippen LogP contribution in [0.15, 0.2) is 36.9 Å². The molecule has 1 amide bonds. The summed E-state index contributed by atoms with van der Waals surface area (Å²) in [5.41, 5.74) is 1.75. The fraction of sp³-hybridized carbons (Fsp3) is 0.357. The van der Waals surface area contributed by atoms with E-state index in [2.05, 4.69) is 20.5 Å². The minimum Gasteiger partial charge on any atom is -0.379 e. The van der Waals surface area contributed by atoms with Crippen LogP contribution in [0.1, 0.15) is 15.9 Å². The van der Waals surface area contributed by atoms with Crippen molar-refractivity contribution in [2.75, 3.05) is 13.2 Å². The topological polar surface area (TPSA) is 79.9 Å². The number of pyridine rings is 1. The number of ether oxygens (including phenoxy) is 1. The van der Waals surface area contributed by atoms with Gasteiger partial charge in [0.25, 0.3) is 5.91 Å². The Kier molecular flexibility index (Phi) is 3.73. The molecule has 3 heterocycles. The number of amides is 1. The number of carbonyl (C=O) groups excluding carboxylic acids is 1. The van der Waals surface area contributed by atoms with Crippen molar-refractivity contribution in [3.63, 3.8) is 0 Å². The smallest absolute Gasteiger partial charge is 0.254 e. The predicted octanol–water partition coefficient (Wildman–Crippen LogP) is 0.792. The highest BCUT2D eigenvalue weighted by Gasteiger charge is 2.30. The second-order valence-electron chi connectivity index (χ2n) is 4.92. The Morgan fingerprint density at radius 3 is 3.00 bits per heavy atom. The van der Waals surface area contributed by atoms with Gasteiger partial charge in [0.2, 0.25) is 0 Å². The molecule has 2 aromatic rings. The maximum absolute atomic E-state index is 12.0. The van der Waals surface area contributed by atoms with Crippen LogP contribution in [0.2, 0.25) is 0 Å². The highest BCUT2D eigenvalue weighted by Crippen LogP contribution is 2.19.